The zero-order valence-corrected chi connectivity index (χ0v) is 17.5. The number of aliphatic imine (C=N–C) groups is 1. The predicted octanol–water partition coefficient (Wildman–Crippen LogP) is 3.36. The molecule has 7 heteroatoms. The Hall–Kier alpha value is -2.51. The molecule has 0 amide bonds. The lowest BCUT2D eigenvalue weighted by atomic mass is 10.2. The lowest BCUT2D eigenvalue weighted by Crippen LogP contribution is -2.38. The molecular weight excluding hydrogens is 370 g/mol. The average molecular weight is 404 g/mol. The molecule has 0 spiro atoms. The third-order valence-electron chi connectivity index (χ3n) is 4.07. The second kappa shape index (κ2) is 14.5. The monoisotopic (exact) mass is 403 g/mol. The molecule has 0 radical (unpaired) electrons. The van der Waals surface area contributed by atoms with Gasteiger partial charge in [0, 0.05) is 32.8 Å². The molecule has 2 N–H and O–H groups in total. The molecule has 1 aromatic carbocycles. The van der Waals surface area contributed by atoms with Crippen molar-refractivity contribution in [2.45, 2.75) is 33.0 Å². The second-order valence-electron chi connectivity index (χ2n) is 6.43. The highest BCUT2D eigenvalue weighted by atomic mass is 16.5. The van der Waals surface area contributed by atoms with E-state index in [2.05, 4.69) is 22.5 Å². The van der Waals surface area contributed by atoms with Gasteiger partial charge in [-0.1, -0.05) is 12.1 Å². The quantitative estimate of drug-likeness (QED) is 0.286. The van der Waals surface area contributed by atoms with Crippen LogP contribution in [-0.2, 0) is 22.7 Å². The van der Waals surface area contributed by atoms with Gasteiger partial charge >= 0.3 is 0 Å². The summed E-state index contributed by atoms with van der Waals surface area (Å²) in [6.45, 7) is 6.87. The van der Waals surface area contributed by atoms with E-state index in [1.807, 2.05) is 36.4 Å². The number of hydrogen-bond acceptors (Lipinski definition) is 5. The van der Waals surface area contributed by atoms with Crippen molar-refractivity contribution in [3.63, 3.8) is 0 Å². The number of nitrogens with zero attached hydrogens (tertiary/aromatic N) is 1. The SMILES string of the molecule is CCNC(=NCCCOCc1ccc(OC)cc1)NCCCOCc1ccco1. The largest absolute Gasteiger partial charge is 0.497 e. The third kappa shape index (κ3) is 10.0. The number of benzene rings is 1. The van der Waals surface area contributed by atoms with Crippen LogP contribution in [0.3, 0.4) is 0 Å². The highest BCUT2D eigenvalue weighted by Gasteiger charge is 1.99. The van der Waals surface area contributed by atoms with Crippen molar-refractivity contribution < 1.29 is 18.6 Å². The first-order valence-corrected chi connectivity index (χ1v) is 10.1. The lowest BCUT2D eigenvalue weighted by molar-refractivity contribution is 0.105. The minimum Gasteiger partial charge on any atom is -0.497 e. The van der Waals surface area contributed by atoms with Crippen LogP contribution in [0.2, 0.25) is 0 Å². The van der Waals surface area contributed by atoms with E-state index >= 15 is 0 Å². The minimum atomic E-state index is 0.512. The summed E-state index contributed by atoms with van der Waals surface area (Å²) in [5.41, 5.74) is 1.14. The van der Waals surface area contributed by atoms with Crippen LogP contribution >= 0.6 is 0 Å². The maximum absolute atomic E-state index is 5.72. The van der Waals surface area contributed by atoms with E-state index in [9.17, 15) is 0 Å². The fourth-order valence-corrected chi connectivity index (χ4v) is 2.56. The highest BCUT2D eigenvalue weighted by molar-refractivity contribution is 5.79. The first kappa shape index (κ1) is 22.8. The van der Waals surface area contributed by atoms with Crippen LogP contribution in [0.25, 0.3) is 0 Å². The fourth-order valence-electron chi connectivity index (χ4n) is 2.56. The molecular formula is C22H33N3O4. The number of nitrogens with one attached hydrogen (secondary N) is 2. The molecule has 29 heavy (non-hydrogen) atoms. The first-order valence-electron chi connectivity index (χ1n) is 10.1. The van der Waals surface area contributed by atoms with Crippen molar-refractivity contribution in [3.05, 3.63) is 54.0 Å². The topological polar surface area (TPSA) is 77.3 Å². The van der Waals surface area contributed by atoms with E-state index in [0.29, 0.717) is 33.0 Å². The Balaban J connectivity index is 1.52. The van der Waals surface area contributed by atoms with E-state index < -0.39 is 0 Å². The number of ether oxygens (including phenoxy) is 3. The zero-order valence-electron chi connectivity index (χ0n) is 17.5. The molecule has 1 heterocycles. The normalized spacial score (nSPS) is 11.4. The maximum atomic E-state index is 5.72. The predicted molar refractivity (Wildman–Crippen MR) is 114 cm³/mol. The average Bonchev–Trinajstić information content (AvgIpc) is 3.27. The molecule has 160 valence electrons. The molecule has 0 atom stereocenters. The van der Waals surface area contributed by atoms with Crippen LogP contribution in [0, 0.1) is 0 Å². The molecule has 0 saturated carbocycles. The van der Waals surface area contributed by atoms with Crippen molar-refractivity contribution in [1.29, 1.82) is 0 Å². The number of hydrogen-bond donors (Lipinski definition) is 2. The Bertz CT molecular complexity index is 672. The Morgan fingerprint density at radius 3 is 2.52 bits per heavy atom. The Morgan fingerprint density at radius 2 is 1.79 bits per heavy atom. The van der Waals surface area contributed by atoms with Gasteiger partial charge in [0.1, 0.15) is 18.1 Å². The summed E-state index contributed by atoms with van der Waals surface area (Å²) < 4.78 is 21.7. The first-order chi connectivity index (χ1) is 14.3. The van der Waals surface area contributed by atoms with E-state index in [4.69, 9.17) is 18.6 Å². The van der Waals surface area contributed by atoms with Crippen molar-refractivity contribution in [1.82, 2.24) is 10.6 Å². The summed E-state index contributed by atoms with van der Waals surface area (Å²) in [6.07, 6.45) is 3.43. The Kier molecular flexibility index (Phi) is 11.4. The van der Waals surface area contributed by atoms with Crippen molar-refractivity contribution in [2.75, 3.05) is 40.0 Å². The van der Waals surface area contributed by atoms with Crippen molar-refractivity contribution in [3.8, 4) is 5.75 Å². The van der Waals surface area contributed by atoms with Gasteiger partial charge in [0.15, 0.2) is 5.96 Å². The lowest BCUT2D eigenvalue weighted by Gasteiger charge is -2.11. The van der Waals surface area contributed by atoms with Crippen LogP contribution in [0.4, 0.5) is 0 Å². The van der Waals surface area contributed by atoms with E-state index in [1.165, 1.54) is 0 Å². The summed E-state index contributed by atoms with van der Waals surface area (Å²) in [4.78, 5) is 4.58. The zero-order chi connectivity index (χ0) is 20.6. The summed E-state index contributed by atoms with van der Waals surface area (Å²) in [7, 11) is 1.67. The smallest absolute Gasteiger partial charge is 0.191 e. The maximum Gasteiger partial charge on any atom is 0.191 e. The van der Waals surface area contributed by atoms with Crippen LogP contribution in [0.15, 0.2) is 52.1 Å². The highest BCUT2D eigenvalue weighted by Crippen LogP contribution is 2.11. The van der Waals surface area contributed by atoms with Gasteiger partial charge in [0.2, 0.25) is 0 Å². The summed E-state index contributed by atoms with van der Waals surface area (Å²) in [6, 6.07) is 11.7. The van der Waals surface area contributed by atoms with Gasteiger partial charge in [0.05, 0.1) is 20.0 Å². The van der Waals surface area contributed by atoms with Crippen LogP contribution in [0.1, 0.15) is 31.1 Å². The molecule has 7 nitrogen and oxygen atoms in total. The molecule has 0 aliphatic rings. The van der Waals surface area contributed by atoms with Gasteiger partial charge in [-0.05, 0) is 49.6 Å². The molecule has 0 aliphatic carbocycles. The van der Waals surface area contributed by atoms with Gasteiger partial charge in [-0.3, -0.25) is 4.99 Å². The number of furan rings is 1. The minimum absolute atomic E-state index is 0.512. The molecule has 1 aromatic heterocycles. The molecule has 0 saturated heterocycles. The Morgan fingerprint density at radius 1 is 1.00 bits per heavy atom. The molecule has 2 rings (SSSR count). The summed E-state index contributed by atoms with van der Waals surface area (Å²) in [5, 5.41) is 6.58. The summed E-state index contributed by atoms with van der Waals surface area (Å²) in [5.74, 6) is 2.53. The second-order valence-corrected chi connectivity index (χ2v) is 6.43. The number of rotatable bonds is 14. The number of methoxy groups -OCH3 is 1. The van der Waals surface area contributed by atoms with Gasteiger partial charge in [-0.2, -0.15) is 0 Å². The van der Waals surface area contributed by atoms with Gasteiger partial charge in [-0.15, -0.1) is 0 Å². The molecule has 0 bridgehead atoms. The molecule has 0 unspecified atom stereocenters. The molecule has 0 aliphatic heterocycles. The van der Waals surface area contributed by atoms with Gasteiger partial charge in [0.25, 0.3) is 0 Å². The third-order valence-corrected chi connectivity index (χ3v) is 4.07. The standard InChI is InChI=1S/C22H33N3O4/c1-3-23-22(25-13-6-15-28-18-21-7-4-16-29-21)24-12-5-14-27-17-19-8-10-20(26-2)11-9-19/h4,7-11,16H,3,5-6,12-15,17-18H2,1-2H3,(H2,23,24,25). The van der Waals surface area contributed by atoms with E-state index in [0.717, 1.165) is 49.0 Å². The van der Waals surface area contributed by atoms with Crippen LogP contribution < -0.4 is 15.4 Å². The van der Waals surface area contributed by atoms with E-state index in [-0.39, 0.29) is 0 Å². The summed E-state index contributed by atoms with van der Waals surface area (Å²) >= 11 is 0. The van der Waals surface area contributed by atoms with Crippen LogP contribution in [0.5, 0.6) is 5.75 Å². The fraction of sp³-hybridized carbons (Fsp3) is 0.500. The molecule has 2 aromatic rings. The van der Waals surface area contributed by atoms with Crippen LogP contribution in [-0.4, -0.2) is 45.9 Å². The Labute approximate surface area is 173 Å². The van der Waals surface area contributed by atoms with Gasteiger partial charge < -0.3 is 29.3 Å². The number of guanidine groups is 1. The van der Waals surface area contributed by atoms with Crippen molar-refractivity contribution in [2.24, 2.45) is 4.99 Å². The van der Waals surface area contributed by atoms with Gasteiger partial charge in [-0.25, -0.2) is 0 Å². The van der Waals surface area contributed by atoms with E-state index in [1.54, 1.807) is 13.4 Å². The van der Waals surface area contributed by atoms with Crippen molar-refractivity contribution >= 4 is 5.96 Å². The molecule has 0 fully saturated rings.